The average Bonchev–Trinajstić information content (AvgIpc) is 2.57. The second-order valence-corrected chi connectivity index (χ2v) is 5.89. The van der Waals surface area contributed by atoms with E-state index in [9.17, 15) is 14.7 Å². The van der Waals surface area contributed by atoms with Gasteiger partial charge in [-0.05, 0) is 43.7 Å². The molecule has 0 atom stereocenters. The molecule has 2 rings (SSSR count). The molecule has 1 aromatic carbocycles. The molecule has 8 heteroatoms. The molecule has 0 radical (unpaired) electrons. The van der Waals surface area contributed by atoms with Gasteiger partial charge in [-0.3, -0.25) is 9.59 Å². The Morgan fingerprint density at radius 2 is 2.16 bits per heavy atom. The van der Waals surface area contributed by atoms with Gasteiger partial charge in [0.2, 0.25) is 0 Å². The zero-order valence-corrected chi connectivity index (χ0v) is 14.7. The number of carbonyl (C=O) groups is 1. The number of halogens is 1. The van der Waals surface area contributed by atoms with Gasteiger partial charge < -0.3 is 14.4 Å². The van der Waals surface area contributed by atoms with Crippen LogP contribution >= 0.6 is 11.6 Å². The van der Waals surface area contributed by atoms with Crippen molar-refractivity contribution >= 4 is 23.7 Å². The zero-order chi connectivity index (χ0) is 18.6. The van der Waals surface area contributed by atoms with E-state index in [-0.39, 0.29) is 33.7 Å². The molecule has 0 saturated heterocycles. The highest BCUT2D eigenvalue weighted by Gasteiger charge is 2.13. The fourth-order valence-corrected chi connectivity index (χ4v) is 2.36. The Balaban J connectivity index is 2.18. The molecule has 0 saturated carbocycles. The van der Waals surface area contributed by atoms with Crippen LogP contribution in [0.5, 0.6) is 11.5 Å². The van der Waals surface area contributed by atoms with E-state index in [4.69, 9.17) is 16.3 Å². The lowest BCUT2D eigenvalue weighted by atomic mass is 10.2. The van der Waals surface area contributed by atoms with Crippen molar-refractivity contribution in [3.63, 3.8) is 0 Å². The molecule has 2 N–H and O–H groups in total. The number of rotatable bonds is 5. The summed E-state index contributed by atoms with van der Waals surface area (Å²) in [5.41, 5.74) is 2.41. The van der Waals surface area contributed by atoms with Gasteiger partial charge in [-0.2, -0.15) is 5.10 Å². The molecule has 0 aliphatic rings. The quantitative estimate of drug-likeness (QED) is 0.630. The van der Waals surface area contributed by atoms with Gasteiger partial charge in [0, 0.05) is 12.2 Å². The third-order valence-corrected chi connectivity index (χ3v) is 3.71. The zero-order valence-electron chi connectivity index (χ0n) is 14.0. The van der Waals surface area contributed by atoms with E-state index in [2.05, 4.69) is 10.5 Å². The first-order chi connectivity index (χ1) is 11.8. The van der Waals surface area contributed by atoms with Crippen LogP contribution in [0.3, 0.4) is 0 Å². The number of ether oxygens (including phenoxy) is 1. The number of aromatic hydroxyl groups is 1. The minimum atomic E-state index is -0.618. The third-order valence-electron chi connectivity index (χ3n) is 3.43. The van der Waals surface area contributed by atoms with E-state index in [0.29, 0.717) is 5.56 Å². The maximum atomic E-state index is 12.2. The molecule has 7 nitrogen and oxygen atoms in total. The van der Waals surface area contributed by atoms with Crippen molar-refractivity contribution in [2.24, 2.45) is 5.10 Å². The van der Waals surface area contributed by atoms with Crippen molar-refractivity contribution in [1.82, 2.24) is 9.99 Å². The van der Waals surface area contributed by atoms with Crippen LogP contribution < -0.4 is 15.7 Å². The van der Waals surface area contributed by atoms with Crippen LogP contribution in [-0.2, 0) is 0 Å². The first kappa shape index (κ1) is 18.5. The highest BCUT2D eigenvalue weighted by atomic mass is 35.5. The molecule has 25 heavy (non-hydrogen) atoms. The van der Waals surface area contributed by atoms with E-state index in [1.807, 2.05) is 13.8 Å². The second kappa shape index (κ2) is 7.85. The number of hydrazone groups is 1. The van der Waals surface area contributed by atoms with E-state index < -0.39 is 5.91 Å². The Kier molecular flexibility index (Phi) is 5.82. The third kappa shape index (κ3) is 4.19. The number of methoxy groups -OCH3 is 1. The molecule has 0 aliphatic carbocycles. The number of nitrogens with zero attached hydrogens (tertiary/aromatic N) is 2. The lowest BCUT2D eigenvalue weighted by Gasteiger charge is -2.10. The Labute approximate surface area is 149 Å². The van der Waals surface area contributed by atoms with E-state index >= 15 is 0 Å². The molecular formula is C17H18ClN3O4. The van der Waals surface area contributed by atoms with Crippen molar-refractivity contribution in [3.8, 4) is 11.5 Å². The molecule has 0 fully saturated rings. The topological polar surface area (TPSA) is 92.9 Å². The fourth-order valence-electron chi connectivity index (χ4n) is 2.14. The smallest absolute Gasteiger partial charge is 0.276 e. The Hall–Kier alpha value is -2.80. The van der Waals surface area contributed by atoms with E-state index in [1.165, 1.54) is 36.1 Å². The summed E-state index contributed by atoms with van der Waals surface area (Å²) in [4.78, 5) is 24.4. The number of hydrogen-bond donors (Lipinski definition) is 2. The lowest BCUT2D eigenvalue weighted by molar-refractivity contribution is 0.0953. The average molecular weight is 364 g/mol. The fraction of sp³-hybridized carbons (Fsp3) is 0.235. The SMILES string of the molecule is COc1cc(/C=N\NC(=O)c2cccn(C(C)C)c2=O)cc(Cl)c1O. The largest absolute Gasteiger partial charge is 0.503 e. The number of amides is 1. The van der Waals surface area contributed by atoms with Gasteiger partial charge in [-0.25, -0.2) is 5.43 Å². The van der Waals surface area contributed by atoms with Crippen LogP contribution in [0.1, 0.15) is 35.8 Å². The number of nitrogens with one attached hydrogen (secondary N) is 1. The first-order valence-electron chi connectivity index (χ1n) is 7.46. The van der Waals surface area contributed by atoms with Crippen LogP contribution in [0.15, 0.2) is 40.4 Å². The van der Waals surface area contributed by atoms with E-state index in [1.54, 1.807) is 12.3 Å². The van der Waals surface area contributed by atoms with Gasteiger partial charge in [-0.1, -0.05) is 11.6 Å². The predicted octanol–water partition coefficient (Wildman–Crippen LogP) is 2.56. The van der Waals surface area contributed by atoms with Crippen LogP contribution in [0.25, 0.3) is 0 Å². The van der Waals surface area contributed by atoms with Crippen LogP contribution in [0.4, 0.5) is 0 Å². The molecule has 0 aliphatic heterocycles. The number of benzene rings is 1. The predicted molar refractivity (Wildman–Crippen MR) is 95.8 cm³/mol. The van der Waals surface area contributed by atoms with Crippen molar-refractivity contribution in [3.05, 3.63) is 57.0 Å². The van der Waals surface area contributed by atoms with Crippen molar-refractivity contribution in [2.45, 2.75) is 19.9 Å². The van der Waals surface area contributed by atoms with Crippen LogP contribution in [-0.4, -0.2) is 28.9 Å². The highest BCUT2D eigenvalue weighted by molar-refractivity contribution is 6.32. The van der Waals surface area contributed by atoms with Crippen molar-refractivity contribution < 1.29 is 14.6 Å². The van der Waals surface area contributed by atoms with E-state index in [0.717, 1.165) is 0 Å². The summed E-state index contributed by atoms with van der Waals surface area (Å²) in [6.07, 6.45) is 2.95. The van der Waals surface area contributed by atoms with Gasteiger partial charge in [0.25, 0.3) is 11.5 Å². The number of phenols is 1. The Morgan fingerprint density at radius 1 is 1.44 bits per heavy atom. The number of carbonyl (C=O) groups excluding carboxylic acids is 1. The molecule has 0 unspecified atom stereocenters. The van der Waals surface area contributed by atoms with Crippen LogP contribution in [0, 0.1) is 0 Å². The monoisotopic (exact) mass is 363 g/mol. The lowest BCUT2D eigenvalue weighted by Crippen LogP contribution is -2.31. The number of hydrogen-bond acceptors (Lipinski definition) is 5. The molecule has 132 valence electrons. The maximum absolute atomic E-state index is 12.2. The first-order valence-corrected chi connectivity index (χ1v) is 7.84. The van der Waals surface area contributed by atoms with Gasteiger partial charge in [0.15, 0.2) is 11.5 Å². The molecular weight excluding hydrogens is 346 g/mol. The summed E-state index contributed by atoms with van der Waals surface area (Å²) in [5, 5.41) is 13.6. The second-order valence-electron chi connectivity index (χ2n) is 5.48. The molecule has 0 bridgehead atoms. The van der Waals surface area contributed by atoms with Crippen molar-refractivity contribution in [1.29, 1.82) is 0 Å². The summed E-state index contributed by atoms with van der Waals surface area (Å²) in [7, 11) is 1.39. The molecule has 1 amide bonds. The molecule has 1 aromatic heterocycles. The minimum Gasteiger partial charge on any atom is -0.503 e. The standard InChI is InChI=1S/C17H18ClN3O4/c1-10(2)21-6-4-5-12(17(21)24)16(23)20-19-9-11-7-13(18)15(22)14(8-11)25-3/h4-10,22H,1-3H3,(H,20,23)/b19-9-. The molecule has 1 heterocycles. The number of pyridine rings is 1. The van der Waals surface area contributed by atoms with Gasteiger partial charge in [0.1, 0.15) is 5.56 Å². The minimum absolute atomic E-state index is 0.00494. The Morgan fingerprint density at radius 3 is 2.80 bits per heavy atom. The van der Waals surface area contributed by atoms with Crippen molar-refractivity contribution in [2.75, 3.05) is 7.11 Å². The summed E-state index contributed by atoms with van der Waals surface area (Å²) in [6, 6.07) is 5.97. The molecule has 2 aromatic rings. The highest BCUT2D eigenvalue weighted by Crippen LogP contribution is 2.34. The number of phenolic OH excluding ortho intramolecular Hbond substituents is 1. The Bertz CT molecular complexity index is 875. The molecule has 0 spiro atoms. The normalized spacial score (nSPS) is 11.1. The van der Waals surface area contributed by atoms with Gasteiger partial charge >= 0.3 is 0 Å². The van der Waals surface area contributed by atoms with Gasteiger partial charge in [0.05, 0.1) is 18.3 Å². The summed E-state index contributed by atoms with van der Waals surface area (Å²) in [5.74, 6) is -0.611. The van der Waals surface area contributed by atoms with Gasteiger partial charge in [-0.15, -0.1) is 0 Å². The summed E-state index contributed by atoms with van der Waals surface area (Å²) >= 11 is 5.88. The maximum Gasteiger partial charge on any atom is 0.276 e. The number of aromatic nitrogens is 1. The summed E-state index contributed by atoms with van der Waals surface area (Å²) < 4.78 is 6.45. The van der Waals surface area contributed by atoms with Crippen LogP contribution in [0.2, 0.25) is 5.02 Å². The summed E-state index contributed by atoms with van der Waals surface area (Å²) in [6.45, 7) is 3.70.